The van der Waals surface area contributed by atoms with E-state index in [-0.39, 0.29) is 6.61 Å². The van der Waals surface area contributed by atoms with Gasteiger partial charge in [-0.2, -0.15) is 0 Å². The first-order valence-electron chi connectivity index (χ1n) is 13.0. The Hall–Kier alpha value is -2.72. The summed E-state index contributed by atoms with van der Waals surface area (Å²) in [7, 11) is 0. The van der Waals surface area contributed by atoms with Crippen molar-refractivity contribution in [1.29, 1.82) is 0 Å². The Kier molecular flexibility index (Phi) is 11.1. The number of ether oxygens (including phenoxy) is 2. The molecular weight excluding hydrogens is 422 g/mol. The van der Waals surface area contributed by atoms with Crippen LogP contribution in [0.5, 0.6) is 5.75 Å². The van der Waals surface area contributed by atoms with Gasteiger partial charge in [0.2, 0.25) is 0 Å². The second kappa shape index (κ2) is 14.5. The number of hydrogen-bond donors (Lipinski definition) is 2. The Morgan fingerprint density at radius 1 is 0.912 bits per heavy atom. The number of benzene rings is 2. The second-order valence-electron chi connectivity index (χ2n) is 8.88. The molecule has 0 radical (unpaired) electrons. The third-order valence-electron chi connectivity index (χ3n) is 6.06. The molecule has 0 aromatic heterocycles. The summed E-state index contributed by atoms with van der Waals surface area (Å²) in [5.41, 5.74) is 4.77. The van der Waals surface area contributed by atoms with Crippen molar-refractivity contribution in [2.75, 3.05) is 25.1 Å². The van der Waals surface area contributed by atoms with Crippen molar-refractivity contribution in [3.63, 3.8) is 0 Å². The van der Waals surface area contributed by atoms with E-state index < -0.39 is 0 Å². The van der Waals surface area contributed by atoms with Gasteiger partial charge in [-0.15, -0.1) is 0 Å². The minimum atomic E-state index is 0.279. The smallest absolute Gasteiger partial charge is 0.130 e. The zero-order valence-corrected chi connectivity index (χ0v) is 20.9. The van der Waals surface area contributed by atoms with Crippen LogP contribution < -0.4 is 10.1 Å². The van der Waals surface area contributed by atoms with E-state index in [0.717, 1.165) is 98.6 Å². The minimum absolute atomic E-state index is 0.279. The standard InChI is InChI=1S/C30H41NO3/c1-3-10-29(24-13-17-27(18-14-24)31-21-4-2)34-28-19-15-26(16-20-28)30(25-11-9-12-25)33-23-8-6-5-7-22-32/h10,13-20,31-32H,3-9,11-12,21-23H2,1-2H3/b29-10+. The number of allylic oxidation sites excluding steroid dienone is 2. The van der Waals surface area contributed by atoms with E-state index in [2.05, 4.69) is 61.6 Å². The van der Waals surface area contributed by atoms with Crippen LogP contribution in [0, 0.1) is 0 Å². The van der Waals surface area contributed by atoms with Crippen LogP contribution in [-0.2, 0) is 4.74 Å². The molecule has 0 amide bonds. The molecule has 2 aromatic carbocycles. The molecule has 4 nitrogen and oxygen atoms in total. The lowest BCUT2D eigenvalue weighted by Gasteiger charge is -2.23. The Morgan fingerprint density at radius 3 is 2.24 bits per heavy atom. The number of nitrogens with one attached hydrogen (secondary N) is 1. The van der Waals surface area contributed by atoms with Crippen LogP contribution in [-0.4, -0.2) is 24.9 Å². The average Bonchev–Trinajstić information content (AvgIpc) is 2.83. The SMILES string of the molecule is CC/C=C(/Oc1ccc(C(OCCCCCCO)=C2CCC2)cc1)c1ccc(NCCC)cc1. The first-order valence-corrected chi connectivity index (χ1v) is 13.0. The van der Waals surface area contributed by atoms with Crippen LogP contribution in [0.1, 0.15) is 82.8 Å². The highest BCUT2D eigenvalue weighted by Crippen LogP contribution is 2.35. The summed E-state index contributed by atoms with van der Waals surface area (Å²) in [5.74, 6) is 2.77. The molecule has 1 aliphatic carbocycles. The largest absolute Gasteiger partial charge is 0.493 e. The van der Waals surface area contributed by atoms with E-state index in [1.54, 1.807) is 0 Å². The van der Waals surface area contributed by atoms with Gasteiger partial charge in [0.1, 0.15) is 17.3 Å². The highest BCUT2D eigenvalue weighted by atomic mass is 16.5. The molecule has 2 aromatic rings. The van der Waals surface area contributed by atoms with Crippen LogP contribution in [0.2, 0.25) is 0 Å². The minimum Gasteiger partial charge on any atom is -0.493 e. The van der Waals surface area contributed by atoms with Gasteiger partial charge in [-0.1, -0.05) is 20.3 Å². The Bertz CT molecular complexity index is 907. The van der Waals surface area contributed by atoms with Crippen LogP contribution in [0.25, 0.3) is 11.5 Å². The highest BCUT2D eigenvalue weighted by Gasteiger charge is 2.18. The maximum Gasteiger partial charge on any atom is 0.130 e. The third kappa shape index (κ3) is 7.95. The maximum atomic E-state index is 8.93. The van der Waals surface area contributed by atoms with E-state index in [1.165, 1.54) is 12.0 Å². The van der Waals surface area contributed by atoms with E-state index in [4.69, 9.17) is 14.6 Å². The number of anilines is 1. The molecule has 184 valence electrons. The molecule has 0 heterocycles. The quantitative estimate of drug-likeness (QED) is 0.209. The lowest BCUT2D eigenvalue weighted by Crippen LogP contribution is -2.06. The van der Waals surface area contributed by atoms with Gasteiger partial charge >= 0.3 is 0 Å². The van der Waals surface area contributed by atoms with Gasteiger partial charge in [-0.3, -0.25) is 0 Å². The number of aliphatic hydroxyl groups excluding tert-OH is 1. The van der Waals surface area contributed by atoms with Gasteiger partial charge in [-0.25, -0.2) is 0 Å². The van der Waals surface area contributed by atoms with E-state index in [1.807, 2.05) is 12.1 Å². The van der Waals surface area contributed by atoms with Crippen LogP contribution in [0.3, 0.4) is 0 Å². The average molecular weight is 464 g/mol. The van der Waals surface area contributed by atoms with Crippen molar-refractivity contribution >= 4 is 17.2 Å². The van der Waals surface area contributed by atoms with Crippen LogP contribution in [0.4, 0.5) is 5.69 Å². The number of hydrogen-bond acceptors (Lipinski definition) is 4. The van der Waals surface area contributed by atoms with Crippen LogP contribution >= 0.6 is 0 Å². The first kappa shape index (κ1) is 25.9. The van der Waals surface area contributed by atoms with Crippen molar-refractivity contribution in [2.24, 2.45) is 0 Å². The van der Waals surface area contributed by atoms with Crippen molar-refractivity contribution < 1.29 is 14.6 Å². The Labute approximate surface area is 205 Å². The molecule has 0 saturated heterocycles. The predicted octanol–water partition coefficient (Wildman–Crippen LogP) is 7.80. The molecule has 1 saturated carbocycles. The molecule has 2 N–H and O–H groups in total. The Morgan fingerprint density at radius 2 is 1.62 bits per heavy atom. The zero-order chi connectivity index (χ0) is 24.0. The summed E-state index contributed by atoms with van der Waals surface area (Å²) < 4.78 is 12.5. The lowest BCUT2D eigenvalue weighted by molar-refractivity contribution is 0.252. The van der Waals surface area contributed by atoms with Crippen molar-refractivity contribution in [1.82, 2.24) is 0 Å². The summed E-state index contributed by atoms with van der Waals surface area (Å²) in [4.78, 5) is 0. The zero-order valence-electron chi connectivity index (χ0n) is 20.9. The monoisotopic (exact) mass is 463 g/mol. The van der Waals surface area contributed by atoms with Gasteiger partial charge in [-0.05, 0) is 112 Å². The first-order chi connectivity index (χ1) is 16.7. The molecule has 1 aliphatic rings. The molecule has 0 spiro atoms. The third-order valence-corrected chi connectivity index (χ3v) is 6.06. The normalized spacial score (nSPS) is 13.4. The molecule has 1 fully saturated rings. The summed E-state index contributed by atoms with van der Waals surface area (Å²) in [6.07, 6.45) is 11.7. The van der Waals surface area contributed by atoms with Crippen LogP contribution in [0.15, 0.2) is 60.2 Å². The highest BCUT2D eigenvalue weighted by molar-refractivity contribution is 5.67. The summed E-state index contributed by atoms with van der Waals surface area (Å²) in [6, 6.07) is 16.8. The fraction of sp³-hybridized carbons (Fsp3) is 0.467. The van der Waals surface area contributed by atoms with Gasteiger partial charge in [0, 0.05) is 30.0 Å². The van der Waals surface area contributed by atoms with Crippen molar-refractivity contribution in [2.45, 2.75) is 71.6 Å². The summed E-state index contributed by atoms with van der Waals surface area (Å²) in [5, 5.41) is 12.3. The van der Waals surface area contributed by atoms with Crippen molar-refractivity contribution in [3.8, 4) is 5.75 Å². The molecule has 0 unspecified atom stereocenters. The van der Waals surface area contributed by atoms with Gasteiger partial charge < -0.3 is 19.9 Å². The molecule has 4 heteroatoms. The summed E-state index contributed by atoms with van der Waals surface area (Å²) in [6.45, 7) is 6.28. The van der Waals surface area contributed by atoms with E-state index in [0.29, 0.717) is 0 Å². The summed E-state index contributed by atoms with van der Waals surface area (Å²) >= 11 is 0. The molecular formula is C30H41NO3. The molecule has 34 heavy (non-hydrogen) atoms. The Balaban J connectivity index is 1.63. The number of unbranched alkanes of at least 4 members (excludes halogenated alkanes) is 3. The van der Waals surface area contributed by atoms with Gasteiger partial charge in [0.05, 0.1) is 6.61 Å². The second-order valence-corrected chi connectivity index (χ2v) is 8.88. The van der Waals surface area contributed by atoms with Gasteiger partial charge in [0.25, 0.3) is 0 Å². The van der Waals surface area contributed by atoms with E-state index >= 15 is 0 Å². The molecule has 0 aliphatic heterocycles. The maximum absolute atomic E-state index is 8.93. The predicted molar refractivity (Wildman–Crippen MR) is 143 cm³/mol. The lowest BCUT2D eigenvalue weighted by atomic mass is 9.89. The topological polar surface area (TPSA) is 50.7 Å². The number of rotatable bonds is 15. The van der Waals surface area contributed by atoms with Gasteiger partial charge in [0.15, 0.2) is 0 Å². The molecule has 3 rings (SSSR count). The fourth-order valence-electron chi connectivity index (χ4n) is 3.94. The van der Waals surface area contributed by atoms with Crippen molar-refractivity contribution in [3.05, 3.63) is 71.3 Å². The molecule has 0 bridgehead atoms. The van der Waals surface area contributed by atoms with E-state index in [9.17, 15) is 0 Å². The number of aliphatic hydroxyl groups is 1. The fourth-order valence-corrected chi connectivity index (χ4v) is 3.94. The molecule has 0 atom stereocenters.